The molecule has 1 heterocycles. The molecule has 1 saturated heterocycles. The van der Waals surface area contributed by atoms with Gasteiger partial charge in [-0.2, -0.15) is 0 Å². The van der Waals surface area contributed by atoms with E-state index < -0.39 is 5.97 Å². The first-order valence-electron chi connectivity index (χ1n) is 5.90. The normalized spacial score (nSPS) is 23.1. The molecule has 5 nitrogen and oxygen atoms in total. The number of rotatable bonds is 5. The van der Waals surface area contributed by atoms with Crippen LogP contribution in [0.1, 0.15) is 18.4 Å². The van der Waals surface area contributed by atoms with Crippen LogP contribution in [0.5, 0.6) is 5.75 Å². The molecule has 98 valence electrons. The van der Waals surface area contributed by atoms with Crippen LogP contribution in [0.15, 0.2) is 24.3 Å². The summed E-state index contributed by atoms with van der Waals surface area (Å²) in [6, 6.07) is 6.92. The highest BCUT2D eigenvalue weighted by Gasteiger charge is 2.26. The molecule has 0 radical (unpaired) electrons. The van der Waals surface area contributed by atoms with Crippen molar-refractivity contribution < 1.29 is 24.5 Å². The van der Waals surface area contributed by atoms with Gasteiger partial charge in [0, 0.05) is 12.8 Å². The van der Waals surface area contributed by atoms with Crippen molar-refractivity contribution in [3.05, 3.63) is 29.8 Å². The van der Waals surface area contributed by atoms with Gasteiger partial charge in [-0.25, -0.2) is 0 Å². The number of carboxylic acid groups (broad SMARTS) is 1. The lowest BCUT2D eigenvalue weighted by atomic mass is 10.1. The van der Waals surface area contributed by atoms with Gasteiger partial charge < -0.3 is 19.7 Å². The maximum Gasteiger partial charge on any atom is 0.303 e. The fraction of sp³-hybridized carbons (Fsp3) is 0.462. The number of carbonyl (C=O) groups is 1. The summed E-state index contributed by atoms with van der Waals surface area (Å²) >= 11 is 0. The van der Waals surface area contributed by atoms with E-state index in [4.69, 9.17) is 14.6 Å². The van der Waals surface area contributed by atoms with E-state index in [1.807, 2.05) is 6.07 Å². The van der Waals surface area contributed by atoms with Crippen molar-refractivity contribution in [3.8, 4) is 5.75 Å². The summed E-state index contributed by atoms with van der Waals surface area (Å²) in [5.41, 5.74) is 0.930. The van der Waals surface area contributed by atoms with Gasteiger partial charge in [0.1, 0.15) is 5.75 Å². The number of hydrogen-bond acceptors (Lipinski definition) is 4. The number of phenols is 1. The molecule has 0 spiro atoms. The minimum atomic E-state index is -0.824. The zero-order valence-corrected chi connectivity index (χ0v) is 9.91. The van der Waals surface area contributed by atoms with Crippen LogP contribution in [0.2, 0.25) is 0 Å². The van der Waals surface area contributed by atoms with Crippen molar-refractivity contribution in [1.82, 2.24) is 0 Å². The second kappa shape index (κ2) is 5.84. The summed E-state index contributed by atoms with van der Waals surface area (Å²) in [7, 11) is 0. The van der Waals surface area contributed by atoms with E-state index in [0.717, 1.165) is 5.56 Å². The van der Waals surface area contributed by atoms with Gasteiger partial charge in [0.15, 0.2) is 6.29 Å². The Balaban J connectivity index is 1.80. The molecule has 2 N–H and O–H groups in total. The lowest BCUT2D eigenvalue weighted by molar-refractivity contribution is -0.137. The number of phenolic OH excluding ortho intramolecular Hbond substituents is 1. The number of benzene rings is 1. The first-order chi connectivity index (χ1) is 8.63. The monoisotopic (exact) mass is 252 g/mol. The van der Waals surface area contributed by atoms with E-state index in [2.05, 4.69) is 0 Å². The maximum absolute atomic E-state index is 10.4. The van der Waals surface area contributed by atoms with Crippen LogP contribution in [-0.4, -0.2) is 35.2 Å². The summed E-state index contributed by atoms with van der Waals surface area (Å²) in [4.78, 5) is 10.4. The third-order valence-electron chi connectivity index (χ3n) is 2.81. The molecule has 0 saturated carbocycles. The fourth-order valence-electron chi connectivity index (χ4n) is 1.93. The highest BCUT2D eigenvalue weighted by Crippen LogP contribution is 2.21. The van der Waals surface area contributed by atoms with Gasteiger partial charge in [-0.15, -0.1) is 0 Å². The highest BCUT2D eigenvalue weighted by molar-refractivity contribution is 5.66. The fourth-order valence-corrected chi connectivity index (χ4v) is 1.93. The maximum atomic E-state index is 10.4. The number of hydrogen-bond donors (Lipinski definition) is 2. The van der Waals surface area contributed by atoms with Crippen molar-refractivity contribution >= 4 is 5.97 Å². The first-order valence-corrected chi connectivity index (χ1v) is 5.90. The van der Waals surface area contributed by atoms with Gasteiger partial charge in [0.05, 0.1) is 12.7 Å². The van der Waals surface area contributed by atoms with Gasteiger partial charge in [0.2, 0.25) is 0 Å². The molecule has 1 aromatic rings. The Morgan fingerprint density at radius 3 is 3.00 bits per heavy atom. The minimum absolute atomic E-state index is 0.0902. The van der Waals surface area contributed by atoms with Crippen molar-refractivity contribution in [2.75, 3.05) is 6.61 Å². The first kappa shape index (κ1) is 12.9. The topological polar surface area (TPSA) is 76.0 Å². The van der Waals surface area contributed by atoms with E-state index in [1.165, 1.54) is 0 Å². The van der Waals surface area contributed by atoms with Crippen LogP contribution in [-0.2, 0) is 20.7 Å². The van der Waals surface area contributed by atoms with Crippen LogP contribution in [0.3, 0.4) is 0 Å². The molecule has 2 rings (SSSR count). The molecular weight excluding hydrogens is 236 g/mol. The Morgan fingerprint density at radius 1 is 1.44 bits per heavy atom. The molecule has 1 aromatic carbocycles. The third-order valence-corrected chi connectivity index (χ3v) is 2.81. The largest absolute Gasteiger partial charge is 0.508 e. The number of aliphatic carboxylic acids is 1. The van der Waals surface area contributed by atoms with E-state index in [9.17, 15) is 9.90 Å². The number of ether oxygens (including phenoxy) is 2. The summed E-state index contributed by atoms with van der Waals surface area (Å²) in [5.74, 6) is -0.608. The smallest absolute Gasteiger partial charge is 0.303 e. The van der Waals surface area contributed by atoms with Gasteiger partial charge in [-0.3, -0.25) is 4.79 Å². The predicted octanol–water partition coefficient (Wildman–Crippen LogP) is 1.54. The van der Waals surface area contributed by atoms with E-state index in [-0.39, 0.29) is 24.6 Å². The Morgan fingerprint density at radius 2 is 2.28 bits per heavy atom. The molecule has 1 aliphatic heterocycles. The molecule has 0 amide bonds. The van der Waals surface area contributed by atoms with Crippen molar-refractivity contribution in [1.29, 1.82) is 0 Å². The summed E-state index contributed by atoms with van der Waals surface area (Å²) in [5, 5.41) is 17.9. The summed E-state index contributed by atoms with van der Waals surface area (Å²) in [6.45, 7) is 0.427. The Labute approximate surface area is 105 Å². The second-order valence-corrected chi connectivity index (χ2v) is 4.33. The van der Waals surface area contributed by atoms with Crippen LogP contribution in [0, 0.1) is 0 Å². The zero-order chi connectivity index (χ0) is 13.0. The molecule has 18 heavy (non-hydrogen) atoms. The summed E-state index contributed by atoms with van der Waals surface area (Å²) < 4.78 is 11.0. The van der Waals surface area contributed by atoms with E-state index in [1.54, 1.807) is 18.2 Å². The average molecular weight is 252 g/mol. The molecule has 1 fully saturated rings. The molecule has 0 aliphatic carbocycles. The van der Waals surface area contributed by atoms with E-state index >= 15 is 0 Å². The molecule has 1 aliphatic rings. The number of carboxylic acids is 1. The van der Waals surface area contributed by atoms with Crippen LogP contribution >= 0.6 is 0 Å². The van der Waals surface area contributed by atoms with Gasteiger partial charge in [0.25, 0.3) is 0 Å². The van der Waals surface area contributed by atoms with Gasteiger partial charge in [-0.1, -0.05) is 12.1 Å². The van der Waals surface area contributed by atoms with Crippen molar-refractivity contribution in [2.24, 2.45) is 0 Å². The SMILES string of the molecule is O=C(O)CCC1COC(Cc2cccc(O)c2)O1. The molecule has 2 unspecified atom stereocenters. The van der Waals surface area contributed by atoms with Crippen LogP contribution < -0.4 is 0 Å². The number of aromatic hydroxyl groups is 1. The van der Waals surface area contributed by atoms with Crippen LogP contribution in [0.4, 0.5) is 0 Å². The van der Waals surface area contributed by atoms with Crippen molar-refractivity contribution in [3.63, 3.8) is 0 Å². The molecule has 0 aromatic heterocycles. The molecular formula is C13H16O5. The lowest BCUT2D eigenvalue weighted by Gasteiger charge is -2.11. The third kappa shape index (κ3) is 3.72. The standard InChI is InChI=1S/C13H16O5/c14-10-3-1-2-9(6-10)7-13-17-8-11(18-13)4-5-12(15)16/h1-3,6,11,13-14H,4-5,7-8H2,(H,15,16). The highest BCUT2D eigenvalue weighted by atomic mass is 16.7. The Bertz CT molecular complexity index is 418. The zero-order valence-electron chi connectivity index (χ0n) is 9.91. The lowest BCUT2D eigenvalue weighted by Crippen LogP contribution is -2.15. The van der Waals surface area contributed by atoms with E-state index in [0.29, 0.717) is 19.4 Å². The second-order valence-electron chi connectivity index (χ2n) is 4.33. The Hall–Kier alpha value is -1.59. The van der Waals surface area contributed by atoms with Crippen molar-refractivity contribution in [2.45, 2.75) is 31.7 Å². The van der Waals surface area contributed by atoms with Gasteiger partial charge in [-0.05, 0) is 24.1 Å². The molecule has 2 atom stereocenters. The van der Waals surface area contributed by atoms with Gasteiger partial charge >= 0.3 is 5.97 Å². The van der Waals surface area contributed by atoms with Crippen LogP contribution in [0.25, 0.3) is 0 Å². The predicted molar refractivity (Wildman–Crippen MR) is 63.3 cm³/mol. The summed E-state index contributed by atoms with van der Waals surface area (Å²) in [6.07, 6.45) is 0.602. The Kier molecular flexibility index (Phi) is 4.17. The molecule has 5 heteroatoms. The average Bonchev–Trinajstić information content (AvgIpc) is 2.74. The minimum Gasteiger partial charge on any atom is -0.508 e. The molecule has 0 bridgehead atoms. The quantitative estimate of drug-likeness (QED) is 0.831.